The van der Waals surface area contributed by atoms with E-state index in [4.69, 9.17) is 14.5 Å². The van der Waals surface area contributed by atoms with Crippen molar-refractivity contribution in [2.75, 3.05) is 37.7 Å². The summed E-state index contributed by atoms with van der Waals surface area (Å²) in [4.78, 5) is 25.5. The molecule has 1 atom stereocenters. The summed E-state index contributed by atoms with van der Waals surface area (Å²) in [7, 11) is 0. The summed E-state index contributed by atoms with van der Waals surface area (Å²) in [5.74, 6) is 0.715. The minimum Gasteiger partial charge on any atom is -0.444 e. The van der Waals surface area contributed by atoms with Gasteiger partial charge < -0.3 is 14.4 Å². The second-order valence-electron chi connectivity index (χ2n) is 7.21. The molecular weight excluding hydrogens is 308 g/mol. The van der Waals surface area contributed by atoms with E-state index in [9.17, 15) is 4.79 Å². The number of likely N-dealkylation sites (tertiary alicyclic amines) is 1. The summed E-state index contributed by atoms with van der Waals surface area (Å²) in [6.07, 6.45) is 3.37. The SMILES string of the molecule is CC(C)(C)OC(=O)N1CCC[C@H]1c1ccnc(N2CCOCC2)n1. The Kier molecular flexibility index (Phi) is 4.89. The molecule has 3 heterocycles. The van der Waals surface area contributed by atoms with Crippen LogP contribution in [0.25, 0.3) is 0 Å². The lowest BCUT2D eigenvalue weighted by Gasteiger charge is -2.30. The van der Waals surface area contributed by atoms with Gasteiger partial charge in [-0.1, -0.05) is 0 Å². The molecule has 0 aromatic carbocycles. The molecule has 0 aliphatic carbocycles. The quantitative estimate of drug-likeness (QED) is 0.827. The number of rotatable bonds is 2. The smallest absolute Gasteiger partial charge is 0.410 e. The Bertz CT molecular complexity index is 581. The molecule has 1 amide bonds. The molecule has 0 radical (unpaired) electrons. The molecule has 2 fully saturated rings. The first-order chi connectivity index (χ1) is 11.4. The van der Waals surface area contributed by atoms with Crippen LogP contribution in [-0.2, 0) is 9.47 Å². The van der Waals surface area contributed by atoms with Crippen LogP contribution in [0, 0.1) is 0 Å². The highest BCUT2D eigenvalue weighted by Crippen LogP contribution is 2.32. The van der Waals surface area contributed by atoms with E-state index in [-0.39, 0.29) is 12.1 Å². The van der Waals surface area contributed by atoms with Crippen LogP contribution in [0.5, 0.6) is 0 Å². The predicted octanol–water partition coefficient (Wildman–Crippen LogP) is 2.39. The van der Waals surface area contributed by atoms with Gasteiger partial charge in [-0.05, 0) is 39.7 Å². The van der Waals surface area contributed by atoms with Crippen LogP contribution in [0.2, 0.25) is 0 Å². The molecule has 0 unspecified atom stereocenters. The average Bonchev–Trinajstić information content (AvgIpc) is 3.04. The van der Waals surface area contributed by atoms with Gasteiger partial charge >= 0.3 is 6.09 Å². The molecule has 1 aromatic heterocycles. The minimum absolute atomic E-state index is 0.0392. The van der Waals surface area contributed by atoms with E-state index >= 15 is 0 Å². The maximum Gasteiger partial charge on any atom is 0.410 e. The minimum atomic E-state index is -0.491. The third-order valence-corrected chi connectivity index (χ3v) is 4.18. The molecule has 132 valence electrons. The zero-order chi connectivity index (χ0) is 17.2. The Morgan fingerprint density at radius 2 is 2.04 bits per heavy atom. The van der Waals surface area contributed by atoms with Crippen molar-refractivity contribution in [3.05, 3.63) is 18.0 Å². The van der Waals surface area contributed by atoms with Crippen molar-refractivity contribution >= 4 is 12.0 Å². The number of carbonyl (C=O) groups is 1. The van der Waals surface area contributed by atoms with Crippen molar-refractivity contribution in [3.63, 3.8) is 0 Å². The number of anilines is 1. The average molecular weight is 334 g/mol. The van der Waals surface area contributed by atoms with Gasteiger partial charge in [0.05, 0.1) is 24.9 Å². The summed E-state index contributed by atoms with van der Waals surface area (Å²) in [5, 5.41) is 0. The molecule has 2 aliphatic heterocycles. The molecule has 0 N–H and O–H groups in total. The van der Waals surface area contributed by atoms with Gasteiger partial charge in [-0.25, -0.2) is 14.8 Å². The highest BCUT2D eigenvalue weighted by Gasteiger charge is 2.34. The maximum atomic E-state index is 12.5. The van der Waals surface area contributed by atoms with Crippen LogP contribution in [0.15, 0.2) is 12.3 Å². The Hall–Kier alpha value is -1.89. The van der Waals surface area contributed by atoms with Gasteiger partial charge in [-0.15, -0.1) is 0 Å². The van der Waals surface area contributed by atoms with Crippen LogP contribution >= 0.6 is 0 Å². The van der Waals surface area contributed by atoms with Gasteiger partial charge in [0.2, 0.25) is 5.95 Å². The van der Waals surface area contributed by atoms with E-state index in [0.717, 1.165) is 31.6 Å². The fraction of sp³-hybridized carbons (Fsp3) is 0.706. The molecule has 2 saturated heterocycles. The lowest BCUT2D eigenvalue weighted by atomic mass is 10.1. The van der Waals surface area contributed by atoms with Crippen molar-refractivity contribution in [2.45, 2.75) is 45.3 Å². The molecule has 0 spiro atoms. The molecule has 7 nitrogen and oxygen atoms in total. The Morgan fingerprint density at radius 1 is 1.29 bits per heavy atom. The number of hydrogen-bond acceptors (Lipinski definition) is 6. The molecule has 2 aliphatic rings. The molecule has 0 saturated carbocycles. The normalized spacial score (nSPS) is 21.9. The first-order valence-electron chi connectivity index (χ1n) is 8.59. The Balaban J connectivity index is 1.76. The van der Waals surface area contributed by atoms with Crippen LogP contribution in [0.4, 0.5) is 10.7 Å². The number of nitrogens with zero attached hydrogens (tertiary/aromatic N) is 4. The van der Waals surface area contributed by atoms with Crippen molar-refractivity contribution in [2.24, 2.45) is 0 Å². The van der Waals surface area contributed by atoms with Crippen molar-refractivity contribution in [3.8, 4) is 0 Å². The molecule has 1 aromatic rings. The van der Waals surface area contributed by atoms with E-state index in [1.165, 1.54) is 0 Å². The first-order valence-corrected chi connectivity index (χ1v) is 8.59. The van der Waals surface area contributed by atoms with Crippen molar-refractivity contribution in [1.29, 1.82) is 0 Å². The number of carbonyl (C=O) groups excluding carboxylic acids is 1. The van der Waals surface area contributed by atoms with E-state index in [1.54, 1.807) is 11.1 Å². The van der Waals surface area contributed by atoms with E-state index < -0.39 is 5.60 Å². The Labute approximate surface area is 143 Å². The van der Waals surface area contributed by atoms with E-state index in [1.807, 2.05) is 26.8 Å². The van der Waals surface area contributed by atoms with E-state index in [2.05, 4.69) is 9.88 Å². The molecule has 24 heavy (non-hydrogen) atoms. The lowest BCUT2D eigenvalue weighted by Crippen LogP contribution is -2.38. The summed E-state index contributed by atoms with van der Waals surface area (Å²) < 4.78 is 10.9. The zero-order valence-corrected chi connectivity index (χ0v) is 14.7. The predicted molar refractivity (Wildman–Crippen MR) is 90.0 cm³/mol. The molecular formula is C17H26N4O3. The monoisotopic (exact) mass is 334 g/mol. The topological polar surface area (TPSA) is 67.8 Å². The van der Waals surface area contributed by atoms with Gasteiger partial charge in [0.25, 0.3) is 0 Å². The summed E-state index contributed by atoms with van der Waals surface area (Å²) >= 11 is 0. The van der Waals surface area contributed by atoms with Gasteiger partial charge in [0.1, 0.15) is 5.60 Å². The Morgan fingerprint density at radius 3 is 2.75 bits per heavy atom. The molecule has 3 rings (SSSR count). The number of amides is 1. The van der Waals surface area contributed by atoms with Crippen LogP contribution < -0.4 is 4.90 Å². The van der Waals surface area contributed by atoms with Gasteiger partial charge in [0.15, 0.2) is 0 Å². The van der Waals surface area contributed by atoms with Crippen LogP contribution in [0.1, 0.15) is 45.3 Å². The maximum absolute atomic E-state index is 12.5. The highest BCUT2D eigenvalue weighted by molar-refractivity contribution is 5.69. The second kappa shape index (κ2) is 6.93. The second-order valence-corrected chi connectivity index (χ2v) is 7.21. The third-order valence-electron chi connectivity index (χ3n) is 4.18. The van der Waals surface area contributed by atoms with Gasteiger partial charge in [0, 0.05) is 25.8 Å². The van der Waals surface area contributed by atoms with E-state index in [0.29, 0.717) is 25.7 Å². The van der Waals surface area contributed by atoms with Crippen molar-refractivity contribution < 1.29 is 14.3 Å². The number of morpholine rings is 1. The lowest BCUT2D eigenvalue weighted by molar-refractivity contribution is 0.0221. The fourth-order valence-electron chi connectivity index (χ4n) is 3.08. The third kappa shape index (κ3) is 3.95. The summed E-state index contributed by atoms with van der Waals surface area (Å²) in [5.41, 5.74) is 0.393. The zero-order valence-electron chi connectivity index (χ0n) is 14.7. The molecule has 0 bridgehead atoms. The first kappa shape index (κ1) is 17.0. The summed E-state index contributed by atoms with van der Waals surface area (Å²) in [6, 6.07) is 1.86. The largest absolute Gasteiger partial charge is 0.444 e. The summed E-state index contributed by atoms with van der Waals surface area (Å²) in [6.45, 7) is 9.35. The van der Waals surface area contributed by atoms with Crippen molar-refractivity contribution in [1.82, 2.24) is 14.9 Å². The fourth-order valence-corrected chi connectivity index (χ4v) is 3.08. The standard InChI is InChI=1S/C17H26N4O3/c1-17(2,3)24-16(22)21-8-4-5-14(21)13-6-7-18-15(19-13)20-9-11-23-12-10-20/h6-7,14H,4-5,8-12H2,1-3H3/t14-/m0/s1. The number of aromatic nitrogens is 2. The van der Waals surface area contributed by atoms with Crippen LogP contribution in [0.3, 0.4) is 0 Å². The number of hydrogen-bond donors (Lipinski definition) is 0. The molecule has 7 heteroatoms. The number of ether oxygens (including phenoxy) is 2. The van der Waals surface area contributed by atoms with Crippen LogP contribution in [-0.4, -0.2) is 59.4 Å². The van der Waals surface area contributed by atoms with Gasteiger partial charge in [-0.2, -0.15) is 0 Å². The highest BCUT2D eigenvalue weighted by atomic mass is 16.6. The van der Waals surface area contributed by atoms with Gasteiger partial charge in [-0.3, -0.25) is 4.90 Å².